The fraction of sp³-hybridized carbons (Fsp3) is 0.385. The summed E-state index contributed by atoms with van der Waals surface area (Å²) in [4.78, 5) is 11.3. The first-order valence-electron chi connectivity index (χ1n) is 5.77. The van der Waals surface area contributed by atoms with Crippen LogP contribution in [-0.2, 0) is 6.54 Å². The molecule has 1 aromatic heterocycles. The Hall–Kier alpha value is -1.91. The third kappa shape index (κ3) is 2.20. The van der Waals surface area contributed by atoms with Crippen molar-refractivity contribution in [1.82, 2.24) is 9.78 Å². The van der Waals surface area contributed by atoms with Crippen LogP contribution in [-0.4, -0.2) is 9.78 Å². The number of rotatable bonds is 3. The van der Waals surface area contributed by atoms with Crippen molar-refractivity contribution in [2.75, 3.05) is 0 Å². The van der Waals surface area contributed by atoms with Gasteiger partial charge in [0.05, 0.1) is 6.54 Å². The van der Waals surface area contributed by atoms with Gasteiger partial charge in [0.1, 0.15) is 5.82 Å². The number of aromatic nitrogens is 2. The van der Waals surface area contributed by atoms with Crippen molar-refractivity contribution < 1.29 is 8.81 Å². The Morgan fingerprint density at radius 3 is 2.78 bits per heavy atom. The van der Waals surface area contributed by atoms with Gasteiger partial charge < -0.3 is 4.42 Å². The number of benzene rings is 1. The second-order valence-electron chi connectivity index (χ2n) is 4.49. The minimum absolute atomic E-state index is 0.146. The van der Waals surface area contributed by atoms with E-state index in [1.807, 2.05) is 20.8 Å². The maximum atomic E-state index is 13.9. The summed E-state index contributed by atoms with van der Waals surface area (Å²) in [5.41, 5.74) is 2.58. The van der Waals surface area contributed by atoms with Crippen molar-refractivity contribution in [3.63, 3.8) is 0 Å². The average Bonchev–Trinajstić information content (AvgIpc) is 2.70. The van der Waals surface area contributed by atoms with Crippen LogP contribution in [0, 0.1) is 19.7 Å². The number of hydrogen-bond donors (Lipinski definition) is 0. The van der Waals surface area contributed by atoms with E-state index in [0.717, 1.165) is 17.5 Å². The van der Waals surface area contributed by atoms with Gasteiger partial charge in [0.2, 0.25) is 6.39 Å². The second-order valence-corrected chi connectivity index (χ2v) is 4.49. The normalized spacial score (nSPS) is 12.7. The molecule has 0 radical (unpaired) electrons. The monoisotopic (exact) mass is 250 g/mol. The molecule has 1 aromatic carbocycles. The largest absolute Gasteiger partial charge is 0.436 e. The summed E-state index contributed by atoms with van der Waals surface area (Å²) in [7, 11) is 0. The van der Waals surface area contributed by atoms with Gasteiger partial charge in [-0.25, -0.2) is 9.18 Å². The third-order valence-corrected chi connectivity index (χ3v) is 3.22. The minimum atomic E-state index is -0.521. The summed E-state index contributed by atoms with van der Waals surface area (Å²) >= 11 is 0. The van der Waals surface area contributed by atoms with Gasteiger partial charge in [-0.3, -0.25) is 0 Å². The van der Waals surface area contributed by atoms with Crippen LogP contribution in [0.15, 0.2) is 27.7 Å². The fourth-order valence-electron chi connectivity index (χ4n) is 2.12. The predicted molar refractivity (Wildman–Crippen MR) is 65.1 cm³/mol. The van der Waals surface area contributed by atoms with Gasteiger partial charge in [0, 0.05) is 5.92 Å². The Morgan fingerprint density at radius 1 is 1.44 bits per heavy atom. The molecule has 0 N–H and O–H groups in total. The van der Waals surface area contributed by atoms with Crippen LogP contribution < -0.4 is 5.76 Å². The first-order valence-corrected chi connectivity index (χ1v) is 5.77. The zero-order chi connectivity index (χ0) is 13.3. The van der Waals surface area contributed by atoms with E-state index in [-0.39, 0.29) is 11.7 Å². The highest BCUT2D eigenvalue weighted by atomic mass is 19.1. The quantitative estimate of drug-likeness (QED) is 0.840. The van der Waals surface area contributed by atoms with Gasteiger partial charge >= 0.3 is 5.76 Å². The molecule has 5 heteroatoms. The molecular formula is C13H15FN2O2. The maximum absolute atomic E-state index is 13.9. The van der Waals surface area contributed by atoms with E-state index in [4.69, 9.17) is 0 Å². The molecule has 18 heavy (non-hydrogen) atoms. The molecule has 1 atom stereocenters. The van der Waals surface area contributed by atoms with Gasteiger partial charge in [-0.1, -0.05) is 13.0 Å². The average molecular weight is 250 g/mol. The Bertz CT molecular complexity index is 616. The van der Waals surface area contributed by atoms with Gasteiger partial charge in [0.15, 0.2) is 0 Å². The molecule has 0 spiro atoms. The molecule has 4 nitrogen and oxygen atoms in total. The lowest BCUT2D eigenvalue weighted by atomic mass is 9.93. The molecule has 0 aliphatic carbocycles. The first kappa shape index (κ1) is 12.5. The number of halogens is 1. The van der Waals surface area contributed by atoms with Gasteiger partial charge in [-0.05, 0) is 36.6 Å². The summed E-state index contributed by atoms with van der Waals surface area (Å²) in [6, 6.07) is 3.21. The molecule has 2 aromatic rings. The Kier molecular flexibility index (Phi) is 3.32. The molecule has 0 saturated heterocycles. The van der Waals surface area contributed by atoms with E-state index in [1.54, 1.807) is 6.07 Å². The van der Waals surface area contributed by atoms with Crippen LogP contribution in [0.25, 0.3) is 0 Å². The van der Waals surface area contributed by atoms with Crippen molar-refractivity contribution in [2.24, 2.45) is 0 Å². The molecule has 0 saturated carbocycles. The van der Waals surface area contributed by atoms with Crippen LogP contribution in [0.5, 0.6) is 0 Å². The molecule has 0 amide bonds. The van der Waals surface area contributed by atoms with Gasteiger partial charge in [0.25, 0.3) is 0 Å². The highest BCUT2D eigenvalue weighted by Crippen LogP contribution is 2.26. The molecule has 2 rings (SSSR count). The van der Waals surface area contributed by atoms with Crippen molar-refractivity contribution in [2.45, 2.75) is 33.2 Å². The van der Waals surface area contributed by atoms with Crippen molar-refractivity contribution in [3.8, 4) is 0 Å². The third-order valence-electron chi connectivity index (χ3n) is 3.22. The van der Waals surface area contributed by atoms with Crippen molar-refractivity contribution in [3.05, 3.63) is 51.6 Å². The highest BCUT2D eigenvalue weighted by Gasteiger charge is 2.17. The van der Waals surface area contributed by atoms with E-state index in [1.165, 1.54) is 10.7 Å². The summed E-state index contributed by atoms with van der Waals surface area (Å²) < 4.78 is 19.7. The molecule has 96 valence electrons. The lowest BCUT2D eigenvalue weighted by Gasteiger charge is -2.16. The predicted octanol–water partition coefficient (Wildman–Crippen LogP) is 2.40. The first-order chi connectivity index (χ1) is 8.50. The van der Waals surface area contributed by atoms with E-state index in [2.05, 4.69) is 9.52 Å². The molecule has 1 heterocycles. The number of hydrogen-bond acceptors (Lipinski definition) is 3. The Labute approximate surface area is 104 Å². The molecule has 0 aliphatic rings. The molecule has 1 unspecified atom stereocenters. The topological polar surface area (TPSA) is 48.0 Å². The van der Waals surface area contributed by atoms with Gasteiger partial charge in [-0.2, -0.15) is 4.68 Å². The zero-order valence-corrected chi connectivity index (χ0v) is 10.6. The van der Waals surface area contributed by atoms with Crippen LogP contribution in [0.4, 0.5) is 4.39 Å². The Balaban J connectivity index is 2.35. The fourth-order valence-corrected chi connectivity index (χ4v) is 2.12. The van der Waals surface area contributed by atoms with Crippen LogP contribution in [0.2, 0.25) is 0 Å². The van der Waals surface area contributed by atoms with Crippen LogP contribution in [0.3, 0.4) is 0 Å². The number of nitrogens with zero attached hydrogens (tertiary/aromatic N) is 2. The van der Waals surface area contributed by atoms with Gasteiger partial charge in [-0.15, -0.1) is 5.10 Å². The van der Waals surface area contributed by atoms with E-state index in [0.29, 0.717) is 12.1 Å². The second kappa shape index (κ2) is 4.76. The number of aryl methyl sites for hydroxylation is 1. The summed E-state index contributed by atoms with van der Waals surface area (Å²) in [6.45, 7) is 5.99. The van der Waals surface area contributed by atoms with Crippen molar-refractivity contribution >= 4 is 0 Å². The lowest BCUT2D eigenvalue weighted by molar-refractivity contribution is 0.450. The van der Waals surface area contributed by atoms with Crippen LogP contribution >= 0.6 is 0 Å². The van der Waals surface area contributed by atoms with Crippen LogP contribution in [0.1, 0.15) is 29.5 Å². The SMILES string of the molecule is Cc1ccc(F)c(C(C)Cn2ncoc2=O)c1C. The van der Waals surface area contributed by atoms with E-state index < -0.39 is 5.76 Å². The molecule has 0 aliphatic heterocycles. The zero-order valence-electron chi connectivity index (χ0n) is 10.6. The van der Waals surface area contributed by atoms with E-state index >= 15 is 0 Å². The summed E-state index contributed by atoms with van der Waals surface area (Å²) in [5.74, 6) is -0.914. The molecule has 0 bridgehead atoms. The summed E-state index contributed by atoms with van der Waals surface area (Å²) in [6.07, 6.45) is 1.09. The smallest absolute Gasteiger partial charge is 0.395 e. The van der Waals surface area contributed by atoms with Crippen molar-refractivity contribution in [1.29, 1.82) is 0 Å². The molecular weight excluding hydrogens is 235 g/mol. The Morgan fingerprint density at radius 2 is 2.17 bits per heavy atom. The lowest BCUT2D eigenvalue weighted by Crippen LogP contribution is -2.20. The molecule has 0 fully saturated rings. The minimum Gasteiger partial charge on any atom is -0.395 e. The maximum Gasteiger partial charge on any atom is 0.436 e. The standard InChI is InChI=1S/C13H15FN2O2/c1-8-4-5-11(14)12(10(8)3)9(2)6-16-13(17)18-7-15-16/h4-5,7,9H,6H2,1-3H3. The summed E-state index contributed by atoms with van der Waals surface area (Å²) in [5, 5.41) is 3.78. The van der Waals surface area contributed by atoms with E-state index in [9.17, 15) is 9.18 Å². The highest BCUT2D eigenvalue weighted by molar-refractivity contribution is 5.36.